The predicted molar refractivity (Wildman–Crippen MR) is 99.4 cm³/mol. The number of aliphatic hydroxyl groups is 1. The summed E-state index contributed by atoms with van der Waals surface area (Å²) in [6, 6.07) is 10.3. The van der Waals surface area contributed by atoms with Crippen molar-refractivity contribution < 1.29 is 5.11 Å². The minimum Gasteiger partial charge on any atom is -0.391 e. The zero-order valence-electron chi connectivity index (χ0n) is 15.1. The molecule has 5 nitrogen and oxygen atoms in total. The van der Waals surface area contributed by atoms with Gasteiger partial charge in [-0.3, -0.25) is 0 Å². The second-order valence-corrected chi connectivity index (χ2v) is 7.20. The Morgan fingerprint density at radius 3 is 2.64 bits per heavy atom. The number of unbranched alkanes of at least 4 members (excludes halogenated alkanes) is 2. The Kier molecular flexibility index (Phi) is 6.21. The van der Waals surface area contributed by atoms with E-state index in [0.717, 1.165) is 43.9 Å². The average molecular weight is 342 g/mol. The Balaban J connectivity index is 1.74. The van der Waals surface area contributed by atoms with Gasteiger partial charge in [-0.05, 0) is 31.2 Å². The highest BCUT2D eigenvalue weighted by Gasteiger charge is 2.34. The van der Waals surface area contributed by atoms with Gasteiger partial charge in [0.1, 0.15) is 5.82 Å². The first-order valence-corrected chi connectivity index (χ1v) is 9.58. The molecule has 1 aromatic carbocycles. The second-order valence-electron chi connectivity index (χ2n) is 7.20. The van der Waals surface area contributed by atoms with Crippen molar-refractivity contribution in [3.8, 4) is 0 Å². The number of hydrogen-bond acceptors (Lipinski definition) is 4. The number of aliphatic hydroxyl groups excluding tert-OH is 1. The average Bonchev–Trinajstić information content (AvgIpc) is 3.17. The molecule has 1 aromatic heterocycles. The van der Waals surface area contributed by atoms with E-state index in [-0.39, 0.29) is 12.0 Å². The maximum Gasteiger partial charge on any atom is 0.150 e. The van der Waals surface area contributed by atoms with Crippen LogP contribution in [0.1, 0.15) is 62.2 Å². The Labute approximate surface area is 150 Å². The molecular formula is C20H30N4O. The van der Waals surface area contributed by atoms with Gasteiger partial charge in [0.25, 0.3) is 0 Å². The molecular weight excluding hydrogens is 312 g/mol. The van der Waals surface area contributed by atoms with Crippen LogP contribution in [0, 0.1) is 0 Å². The van der Waals surface area contributed by atoms with Gasteiger partial charge < -0.3 is 10.8 Å². The van der Waals surface area contributed by atoms with E-state index < -0.39 is 6.10 Å². The molecule has 25 heavy (non-hydrogen) atoms. The van der Waals surface area contributed by atoms with Crippen molar-refractivity contribution in [1.29, 1.82) is 0 Å². The number of nitrogens with two attached hydrogens (primary N) is 1. The predicted octanol–water partition coefficient (Wildman–Crippen LogP) is 2.82. The van der Waals surface area contributed by atoms with E-state index >= 15 is 0 Å². The summed E-state index contributed by atoms with van der Waals surface area (Å²) >= 11 is 0. The Hall–Kier alpha value is -1.72. The van der Waals surface area contributed by atoms with Gasteiger partial charge in [0.15, 0.2) is 5.82 Å². The summed E-state index contributed by atoms with van der Waals surface area (Å²) in [6.45, 7) is 3.03. The van der Waals surface area contributed by atoms with Crippen molar-refractivity contribution in [1.82, 2.24) is 14.8 Å². The van der Waals surface area contributed by atoms with Crippen molar-refractivity contribution >= 4 is 0 Å². The fourth-order valence-electron chi connectivity index (χ4n) is 3.65. The van der Waals surface area contributed by atoms with E-state index in [1.807, 2.05) is 6.07 Å². The number of benzene rings is 1. The zero-order valence-corrected chi connectivity index (χ0v) is 15.1. The Bertz CT molecular complexity index is 645. The molecule has 0 bridgehead atoms. The maximum absolute atomic E-state index is 10.0. The Morgan fingerprint density at radius 2 is 1.96 bits per heavy atom. The molecule has 0 amide bonds. The third-order valence-corrected chi connectivity index (χ3v) is 5.15. The van der Waals surface area contributed by atoms with Crippen LogP contribution in [-0.2, 0) is 19.4 Å². The highest BCUT2D eigenvalue weighted by Crippen LogP contribution is 2.33. The van der Waals surface area contributed by atoms with E-state index in [0.29, 0.717) is 6.42 Å². The lowest BCUT2D eigenvalue weighted by Gasteiger charge is -2.11. The summed E-state index contributed by atoms with van der Waals surface area (Å²) in [4.78, 5) is 4.83. The molecule has 0 spiro atoms. The molecule has 0 saturated heterocycles. The number of aryl methyl sites for hydroxylation is 3. The summed E-state index contributed by atoms with van der Waals surface area (Å²) in [5.41, 5.74) is 7.32. The molecule has 0 radical (unpaired) electrons. The van der Waals surface area contributed by atoms with Crippen LogP contribution < -0.4 is 5.73 Å². The molecule has 1 aliphatic rings. The molecule has 1 saturated carbocycles. The number of rotatable bonds is 8. The molecule has 136 valence electrons. The van der Waals surface area contributed by atoms with E-state index in [1.165, 1.54) is 18.4 Å². The summed E-state index contributed by atoms with van der Waals surface area (Å²) in [5.74, 6) is 2.16. The van der Waals surface area contributed by atoms with Crippen molar-refractivity contribution in [2.45, 2.75) is 76.5 Å². The van der Waals surface area contributed by atoms with Crippen molar-refractivity contribution in [2.24, 2.45) is 5.73 Å². The standard InChI is InChI=1S/C20H30N4O/c1-2-3-5-10-19-22-20(16-13-17(21)18(25)14-16)24(23-19)12-11-15-8-6-4-7-9-15/h4,6-9,16-18,25H,2-3,5,10-14,21H2,1H3/t16-,17+,18+/m0/s1. The molecule has 3 atom stereocenters. The first kappa shape index (κ1) is 18.1. The zero-order chi connectivity index (χ0) is 17.6. The van der Waals surface area contributed by atoms with E-state index in [4.69, 9.17) is 15.8 Å². The van der Waals surface area contributed by atoms with Crippen LogP contribution in [0.4, 0.5) is 0 Å². The highest BCUT2D eigenvalue weighted by atomic mass is 16.3. The normalized spacial score (nSPS) is 23.2. The first-order chi connectivity index (χ1) is 12.2. The quantitative estimate of drug-likeness (QED) is 0.723. The van der Waals surface area contributed by atoms with Crippen LogP contribution in [0.3, 0.4) is 0 Å². The summed E-state index contributed by atoms with van der Waals surface area (Å²) in [6.07, 6.45) is 6.47. The van der Waals surface area contributed by atoms with Crippen LogP contribution in [0.25, 0.3) is 0 Å². The summed E-state index contributed by atoms with van der Waals surface area (Å²) in [5, 5.41) is 14.8. The molecule has 3 rings (SSSR count). The fourth-order valence-corrected chi connectivity index (χ4v) is 3.65. The van der Waals surface area contributed by atoms with E-state index in [1.54, 1.807) is 0 Å². The van der Waals surface area contributed by atoms with Gasteiger partial charge >= 0.3 is 0 Å². The lowest BCUT2D eigenvalue weighted by atomic mass is 10.1. The molecule has 2 aromatic rings. The van der Waals surface area contributed by atoms with Gasteiger partial charge in [-0.2, -0.15) is 5.10 Å². The number of aromatic nitrogens is 3. The van der Waals surface area contributed by atoms with Crippen molar-refractivity contribution in [3.05, 3.63) is 47.5 Å². The van der Waals surface area contributed by atoms with Gasteiger partial charge in [-0.1, -0.05) is 50.1 Å². The van der Waals surface area contributed by atoms with Gasteiger partial charge in [0, 0.05) is 24.9 Å². The van der Waals surface area contributed by atoms with Gasteiger partial charge in [-0.15, -0.1) is 0 Å². The summed E-state index contributed by atoms with van der Waals surface area (Å²) in [7, 11) is 0. The minimum atomic E-state index is -0.423. The second kappa shape index (κ2) is 8.59. The van der Waals surface area contributed by atoms with Crippen molar-refractivity contribution in [2.75, 3.05) is 0 Å². The molecule has 0 unspecified atom stereocenters. The van der Waals surface area contributed by atoms with E-state index in [2.05, 4.69) is 35.9 Å². The fraction of sp³-hybridized carbons (Fsp3) is 0.600. The monoisotopic (exact) mass is 342 g/mol. The van der Waals surface area contributed by atoms with Gasteiger partial charge in [-0.25, -0.2) is 9.67 Å². The molecule has 0 aliphatic heterocycles. The lowest BCUT2D eigenvalue weighted by molar-refractivity contribution is 0.163. The maximum atomic E-state index is 10.0. The highest BCUT2D eigenvalue weighted by molar-refractivity contribution is 5.15. The lowest BCUT2D eigenvalue weighted by Crippen LogP contribution is -2.28. The van der Waals surface area contributed by atoms with Crippen molar-refractivity contribution in [3.63, 3.8) is 0 Å². The smallest absolute Gasteiger partial charge is 0.150 e. The topological polar surface area (TPSA) is 77.0 Å². The molecule has 3 N–H and O–H groups in total. The summed E-state index contributed by atoms with van der Waals surface area (Å²) < 4.78 is 2.06. The van der Waals surface area contributed by atoms with Gasteiger partial charge in [0.05, 0.1) is 6.10 Å². The van der Waals surface area contributed by atoms with Crippen LogP contribution in [0.5, 0.6) is 0 Å². The van der Waals surface area contributed by atoms with Crippen LogP contribution in [-0.4, -0.2) is 32.0 Å². The largest absolute Gasteiger partial charge is 0.391 e. The number of nitrogens with zero attached hydrogens (tertiary/aromatic N) is 3. The third-order valence-electron chi connectivity index (χ3n) is 5.15. The van der Waals surface area contributed by atoms with Gasteiger partial charge in [0.2, 0.25) is 0 Å². The first-order valence-electron chi connectivity index (χ1n) is 9.58. The molecule has 1 aliphatic carbocycles. The van der Waals surface area contributed by atoms with Crippen LogP contribution in [0.15, 0.2) is 30.3 Å². The molecule has 1 fully saturated rings. The Morgan fingerprint density at radius 1 is 1.16 bits per heavy atom. The molecule has 1 heterocycles. The minimum absolute atomic E-state index is 0.146. The number of hydrogen-bond donors (Lipinski definition) is 2. The SMILES string of the molecule is CCCCCc1nc([C@H]2C[C@@H](N)[C@H](O)C2)n(CCc2ccccc2)n1. The molecule has 5 heteroatoms. The van der Waals surface area contributed by atoms with Crippen LogP contribution in [0.2, 0.25) is 0 Å². The third kappa shape index (κ3) is 4.67. The van der Waals surface area contributed by atoms with Crippen LogP contribution >= 0.6 is 0 Å². The van der Waals surface area contributed by atoms with E-state index in [9.17, 15) is 5.11 Å².